The van der Waals surface area contributed by atoms with Gasteiger partial charge >= 0.3 is 5.97 Å². The zero-order valence-corrected chi connectivity index (χ0v) is 15.2. The standard InChI is InChI=1S/C19H15BrO5/c1-11(19(22)23-2)24-13-7-8-14-16(10-13)25-17(18(14)21)9-12-5-3-4-6-15(12)20/h3-11H,1-2H3/b17-9-/t11-/m0/s1. The number of rotatable bonds is 4. The van der Waals surface area contributed by atoms with Crippen molar-refractivity contribution in [1.29, 1.82) is 0 Å². The number of Topliss-reactive ketones (excluding diaryl/α,β-unsaturated/α-hetero) is 1. The number of ketones is 1. The molecule has 0 saturated heterocycles. The topological polar surface area (TPSA) is 61.8 Å². The van der Waals surface area contributed by atoms with Gasteiger partial charge in [-0.3, -0.25) is 4.79 Å². The predicted molar refractivity (Wildman–Crippen MR) is 95.6 cm³/mol. The highest BCUT2D eigenvalue weighted by Crippen LogP contribution is 2.35. The summed E-state index contributed by atoms with van der Waals surface area (Å²) in [5, 5.41) is 0. The fraction of sp³-hybridized carbons (Fsp3) is 0.158. The molecule has 1 atom stereocenters. The summed E-state index contributed by atoms with van der Waals surface area (Å²) in [5.74, 6) is 0.384. The Morgan fingerprint density at radius 2 is 2.00 bits per heavy atom. The van der Waals surface area contributed by atoms with Gasteiger partial charge in [0.15, 0.2) is 11.9 Å². The summed E-state index contributed by atoms with van der Waals surface area (Å²) in [6.45, 7) is 1.59. The third-order valence-corrected chi connectivity index (χ3v) is 4.40. The Morgan fingerprint density at radius 3 is 2.72 bits per heavy atom. The van der Waals surface area contributed by atoms with Crippen LogP contribution in [0.1, 0.15) is 22.8 Å². The number of carbonyl (C=O) groups is 2. The maximum Gasteiger partial charge on any atom is 0.346 e. The van der Waals surface area contributed by atoms with E-state index >= 15 is 0 Å². The third-order valence-electron chi connectivity index (χ3n) is 3.68. The SMILES string of the molecule is COC(=O)[C@H](C)Oc1ccc2c(c1)O/C(=C\c1ccccc1Br)C2=O. The van der Waals surface area contributed by atoms with Crippen LogP contribution in [0, 0.1) is 0 Å². The zero-order chi connectivity index (χ0) is 18.0. The van der Waals surface area contributed by atoms with Crippen molar-refractivity contribution in [3.05, 3.63) is 63.8 Å². The molecule has 3 rings (SSSR count). The zero-order valence-electron chi connectivity index (χ0n) is 13.6. The van der Waals surface area contributed by atoms with Crippen molar-refractivity contribution in [2.75, 3.05) is 7.11 Å². The summed E-state index contributed by atoms with van der Waals surface area (Å²) in [7, 11) is 1.30. The van der Waals surface area contributed by atoms with Crippen LogP contribution < -0.4 is 9.47 Å². The molecule has 128 valence electrons. The van der Waals surface area contributed by atoms with E-state index in [4.69, 9.17) is 9.47 Å². The molecule has 6 heteroatoms. The second kappa shape index (κ2) is 7.11. The van der Waals surface area contributed by atoms with E-state index in [1.54, 1.807) is 31.2 Å². The van der Waals surface area contributed by atoms with Crippen LogP contribution >= 0.6 is 15.9 Å². The highest BCUT2D eigenvalue weighted by molar-refractivity contribution is 9.10. The maximum absolute atomic E-state index is 12.5. The number of ether oxygens (including phenoxy) is 3. The third kappa shape index (κ3) is 3.58. The van der Waals surface area contributed by atoms with Gasteiger partial charge in [0.2, 0.25) is 5.78 Å². The van der Waals surface area contributed by atoms with E-state index in [0.717, 1.165) is 10.0 Å². The van der Waals surface area contributed by atoms with Crippen molar-refractivity contribution < 1.29 is 23.8 Å². The van der Waals surface area contributed by atoms with E-state index in [0.29, 0.717) is 17.1 Å². The van der Waals surface area contributed by atoms with Crippen molar-refractivity contribution >= 4 is 33.8 Å². The average Bonchev–Trinajstić information content (AvgIpc) is 2.91. The van der Waals surface area contributed by atoms with E-state index in [1.165, 1.54) is 7.11 Å². The molecule has 1 heterocycles. The van der Waals surface area contributed by atoms with E-state index in [9.17, 15) is 9.59 Å². The summed E-state index contributed by atoms with van der Waals surface area (Å²) < 4.78 is 16.7. The molecular formula is C19H15BrO5. The number of allylic oxidation sites excluding steroid dienone is 1. The highest BCUT2D eigenvalue weighted by atomic mass is 79.9. The Hall–Kier alpha value is -2.60. The summed E-state index contributed by atoms with van der Waals surface area (Å²) in [5.41, 5.74) is 1.30. The lowest BCUT2D eigenvalue weighted by Gasteiger charge is -2.12. The van der Waals surface area contributed by atoms with Gasteiger partial charge in [0.1, 0.15) is 11.5 Å². The Labute approximate surface area is 153 Å². The fourth-order valence-electron chi connectivity index (χ4n) is 2.39. The molecule has 1 aliphatic heterocycles. The van der Waals surface area contributed by atoms with Crippen molar-refractivity contribution in [3.8, 4) is 11.5 Å². The van der Waals surface area contributed by atoms with Crippen LogP contribution in [0.2, 0.25) is 0 Å². The summed E-state index contributed by atoms with van der Waals surface area (Å²) in [6, 6.07) is 12.4. The molecular weight excluding hydrogens is 388 g/mol. The van der Waals surface area contributed by atoms with Crippen LogP contribution in [-0.2, 0) is 9.53 Å². The van der Waals surface area contributed by atoms with Crippen molar-refractivity contribution in [1.82, 2.24) is 0 Å². The Morgan fingerprint density at radius 1 is 1.24 bits per heavy atom. The minimum absolute atomic E-state index is 0.196. The minimum atomic E-state index is -0.754. The van der Waals surface area contributed by atoms with Gasteiger partial charge in [0.05, 0.1) is 12.7 Å². The first-order chi connectivity index (χ1) is 12.0. The molecule has 0 aromatic heterocycles. The van der Waals surface area contributed by atoms with Crippen LogP contribution in [-0.4, -0.2) is 25.0 Å². The molecule has 5 nitrogen and oxygen atoms in total. The summed E-state index contributed by atoms with van der Waals surface area (Å²) in [6.07, 6.45) is 0.930. The van der Waals surface area contributed by atoms with Gasteiger partial charge in [-0.1, -0.05) is 34.1 Å². The molecule has 0 radical (unpaired) electrons. The number of methoxy groups -OCH3 is 1. The lowest BCUT2D eigenvalue weighted by molar-refractivity contribution is -0.147. The Bertz CT molecular complexity index is 872. The van der Waals surface area contributed by atoms with Crippen LogP contribution in [0.4, 0.5) is 0 Å². The molecule has 0 saturated carbocycles. The molecule has 0 spiro atoms. The Kier molecular flexibility index (Phi) is 4.90. The number of fused-ring (bicyclic) bond motifs is 1. The van der Waals surface area contributed by atoms with Gasteiger partial charge in [0.25, 0.3) is 0 Å². The average molecular weight is 403 g/mol. The Balaban J connectivity index is 1.84. The number of benzene rings is 2. The van der Waals surface area contributed by atoms with Crippen molar-refractivity contribution in [2.45, 2.75) is 13.0 Å². The summed E-state index contributed by atoms with van der Waals surface area (Å²) >= 11 is 3.44. The van der Waals surface area contributed by atoms with E-state index in [2.05, 4.69) is 20.7 Å². The van der Waals surface area contributed by atoms with E-state index in [-0.39, 0.29) is 11.5 Å². The summed E-state index contributed by atoms with van der Waals surface area (Å²) in [4.78, 5) is 23.9. The molecule has 0 amide bonds. The van der Waals surface area contributed by atoms with Crippen LogP contribution in [0.15, 0.2) is 52.7 Å². The van der Waals surface area contributed by atoms with Crippen LogP contribution in [0.3, 0.4) is 0 Å². The van der Waals surface area contributed by atoms with Crippen LogP contribution in [0.5, 0.6) is 11.5 Å². The van der Waals surface area contributed by atoms with Crippen molar-refractivity contribution in [2.24, 2.45) is 0 Å². The molecule has 0 unspecified atom stereocenters. The number of hydrogen-bond acceptors (Lipinski definition) is 5. The number of halogens is 1. The molecule has 2 aromatic rings. The van der Waals surface area contributed by atoms with Gasteiger partial charge < -0.3 is 14.2 Å². The quantitative estimate of drug-likeness (QED) is 0.571. The monoisotopic (exact) mass is 402 g/mol. The van der Waals surface area contributed by atoms with Gasteiger partial charge in [-0.25, -0.2) is 4.79 Å². The lowest BCUT2D eigenvalue weighted by Crippen LogP contribution is -2.24. The minimum Gasteiger partial charge on any atom is -0.479 e. The first-order valence-electron chi connectivity index (χ1n) is 7.57. The van der Waals surface area contributed by atoms with E-state index < -0.39 is 12.1 Å². The largest absolute Gasteiger partial charge is 0.479 e. The highest BCUT2D eigenvalue weighted by Gasteiger charge is 2.28. The molecule has 0 bridgehead atoms. The van der Waals surface area contributed by atoms with Gasteiger partial charge in [0, 0.05) is 10.5 Å². The van der Waals surface area contributed by atoms with Gasteiger partial charge in [-0.15, -0.1) is 0 Å². The van der Waals surface area contributed by atoms with Crippen LogP contribution in [0.25, 0.3) is 6.08 Å². The maximum atomic E-state index is 12.5. The smallest absolute Gasteiger partial charge is 0.346 e. The normalized spacial score (nSPS) is 15.5. The molecule has 0 N–H and O–H groups in total. The molecule has 0 fully saturated rings. The second-order valence-corrected chi connectivity index (χ2v) is 6.26. The number of carbonyl (C=O) groups excluding carboxylic acids is 2. The molecule has 25 heavy (non-hydrogen) atoms. The first-order valence-corrected chi connectivity index (χ1v) is 8.36. The molecule has 2 aromatic carbocycles. The van der Waals surface area contributed by atoms with Crippen molar-refractivity contribution in [3.63, 3.8) is 0 Å². The van der Waals surface area contributed by atoms with Gasteiger partial charge in [-0.2, -0.15) is 0 Å². The predicted octanol–water partition coefficient (Wildman–Crippen LogP) is 4.01. The fourth-order valence-corrected chi connectivity index (χ4v) is 2.79. The molecule has 1 aliphatic rings. The second-order valence-electron chi connectivity index (χ2n) is 5.40. The lowest BCUT2D eigenvalue weighted by atomic mass is 10.1. The first kappa shape index (κ1) is 17.2. The number of esters is 1. The molecule has 0 aliphatic carbocycles. The van der Waals surface area contributed by atoms with E-state index in [1.807, 2.05) is 24.3 Å². The number of hydrogen-bond donors (Lipinski definition) is 0. The van der Waals surface area contributed by atoms with Gasteiger partial charge in [-0.05, 0) is 36.8 Å².